The molecule has 0 radical (unpaired) electrons. The maximum absolute atomic E-state index is 12.8. The van der Waals surface area contributed by atoms with Gasteiger partial charge in [-0.05, 0) is 55.7 Å². The summed E-state index contributed by atoms with van der Waals surface area (Å²) >= 11 is 3.42. The van der Waals surface area contributed by atoms with E-state index in [0.29, 0.717) is 16.3 Å². The van der Waals surface area contributed by atoms with Crippen molar-refractivity contribution in [2.24, 2.45) is 0 Å². The van der Waals surface area contributed by atoms with Crippen molar-refractivity contribution in [3.63, 3.8) is 0 Å². The lowest BCUT2D eigenvalue weighted by Gasteiger charge is -2.09. The maximum atomic E-state index is 12.8. The molecule has 5 nitrogen and oxygen atoms in total. The summed E-state index contributed by atoms with van der Waals surface area (Å²) in [7, 11) is -3.57. The number of nitrogens with zero attached hydrogens (tertiary/aromatic N) is 2. The Labute approximate surface area is 155 Å². The third-order valence-electron chi connectivity index (χ3n) is 4.02. The smallest absolute Gasteiger partial charge is 0.242 e. The summed E-state index contributed by atoms with van der Waals surface area (Å²) in [4.78, 5) is 4.54. The summed E-state index contributed by atoms with van der Waals surface area (Å²) in [6.07, 6.45) is 0. The zero-order chi connectivity index (χ0) is 18.2. The molecule has 0 bridgehead atoms. The molecule has 1 heterocycles. The van der Waals surface area contributed by atoms with Crippen molar-refractivity contribution in [3.8, 4) is 11.4 Å². The van der Waals surface area contributed by atoms with Gasteiger partial charge in [0.15, 0.2) is 9.84 Å². The minimum atomic E-state index is -3.57. The van der Waals surface area contributed by atoms with Gasteiger partial charge in [-0.3, -0.25) is 0 Å². The first kappa shape index (κ1) is 17.8. The van der Waals surface area contributed by atoms with Crippen LogP contribution in [0.25, 0.3) is 11.4 Å². The molecule has 7 heteroatoms. The SMILES string of the molecule is Cc1cc(C)c(S(=O)(=O)Cc2nc(-c3ccccc3Br)no2)cc1C. The van der Waals surface area contributed by atoms with E-state index in [2.05, 4.69) is 26.1 Å². The van der Waals surface area contributed by atoms with Gasteiger partial charge in [-0.25, -0.2) is 8.42 Å². The Balaban J connectivity index is 1.93. The Kier molecular flexibility index (Phi) is 4.79. The molecule has 0 aliphatic rings. The summed E-state index contributed by atoms with van der Waals surface area (Å²) in [5, 5.41) is 3.90. The van der Waals surface area contributed by atoms with E-state index < -0.39 is 9.84 Å². The van der Waals surface area contributed by atoms with Gasteiger partial charge in [0.05, 0.1) is 4.90 Å². The van der Waals surface area contributed by atoms with Crippen LogP contribution < -0.4 is 0 Å². The van der Waals surface area contributed by atoms with Crippen LogP contribution in [0.5, 0.6) is 0 Å². The van der Waals surface area contributed by atoms with Gasteiger partial charge in [-0.1, -0.05) is 39.3 Å². The molecule has 0 saturated carbocycles. The lowest BCUT2D eigenvalue weighted by molar-refractivity contribution is 0.389. The summed E-state index contributed by atoms with van der Waals surface area (Å²) < 4.78 is 31.5. The number of aryl methyl sites for hydroxylation is 3. The van der Waals surface area contributed by atoms with Crippen LogP contribution in [0.15, 0.2) is 50.3 Å². The average molecular weight is 421 g/mol. The highest BCUT2D eigenvalue weighted by Gasteiger charge is 2.23. The lowest BCUT2D eigenvalue weighted by Crippen LogP contribution is -2.08. The molecule has 1 aromatic heterocycles. The third-order valence-corrected chi connectivity index (χ3v) is 6.45. The second-order valence-corrected chi connectivity index (χ2v) is 8.76. The van der Waals surface area contributed by atoms with E-state index in [1.54, 1.807) is 13.0 Å². The van der Waals surface area contributed by atoms with Crippen LogP contribution in [0.3, 0.4) is 0 Å². The van der Waals surface area contributed by atoms with Gasteiger partial charge in [0, 0.05) is 10.0 Å². The zero-order valence-electron chi connectivity index (χ0n) is 14.1. The van der Waals surface area contributed by atoms with E-state index in [4.69, 9.17) is 4.52 Å². The monoisotopic (exact) mass is 420 g/mol. The normalized spacial score (nSPS) is 11.7. The van der Waals surface area contributed by atoms with Crippen molar-refractivity contribution in [2.45, 2.75) is 31.4 Å². The topological polar surface area (TPSA) is 73.1 Å². The van der Waals surface area contributed by atoms with Gasteiger partial charge in [0.2, 0.25) is 11.7 Å². The molecular weight excluding hydrogens is 404 g/mol. The van der Waals surface area contributed by atoms with Crippen LogP contribution in [-0.2, 0) is 15.6 Å². The second-order valence-electron chi connectivity index (χ2n) is 5.95. The molecule has 0 atom stereocenters. The van der Waals surface area contributed by atoms with Gasteiger partial charge in [-0.2, -0.15) is 4.98 Å². The molecule has 0 saturated heterocycles. The predicted molar refractivity (Wildman–Crippen MR) is 99.0 cm³/mol. The number of hydrogen-bond donors (Lipinski definition) is 0. The van der Waals surface area contributed by atoms with Crippen molar-refractivity contribution >= 4 is 25.8 Å². The second kappa shape index (κ2) is 6.72. The molecule has 0 N–H and O–H groups in total. The van der Waals surface area contributed by atoms with E-state index in [0.717, 1.165) is 21.2 Å². The Morgan fingerprint density at radius 3 is 2.44 bits per heavy atom. The summed E-state index contributed by atoms with van der Waals surface area (Å²) in [6, 6.07) is 11.0. The fourth-order valence-corrected chi connectivity index (χ4v) is 4.54. The van der Waals surface area contributed by atoms with Crippen molar-refractivity contribution in [3.05, 3.63) is 63.5 Å². The van der Waals surface area contributed by atoms with Crippen LogP contribution in [0, 0.1) is 20.8 Å². The van der Waals surface area contributed by atoms with Crippen molar-refractivity contribution in [1.29, 1.82) is 0 Å². The highest BCUT2D eigenvalue weighted by molar-refractivity contribution is 9.10. The number of benzene rings is 2. The maximum Gasteiger partial charge on any atom is 0.242 e. The summed E-state index contributed by atoms with van der Waals surface area (Å²) in [5.74, 6) is 0.103. The van der Waals surface area contributed by atoms with Gasteiger partial charge < -0.3 is 4.52 Å². The van der Waals surface area contributed by atoms with Crippen LogP contribution >= 0.6 is 15.9 Å². The van der Waals surface area contributed by atoms with Crippen molar-refractivity contribution < 1.29 is 12.9 Å². The number of rotatable bonds is 4. The fourth-order valence-electron chi connectivity index (χ4n) is 2.57. The molecule has 0 fully saturated rings. The first-order valence-electron chi connectivity index (χ1n) is 7.66. The molecule has 3 aromatic rings. The highest BCUT2D eigenvalue weighted by atomic mass is 79.9. The van der Waals surface area contributed by atoms with Crippen LogP contribution in [0.4, 0.5) is 0 Å². The van der Waals surface area contributed by atoms with Crippen LogP contribution in [-0.4, -0.2) is 18.6 Å². The first-order valence-corrected chi connectivity index (χ1v) is 10.1. The van der Waals surface area contributed by atoms with Crippen molar-refractivity contribution in [2.75, 3.05) is 0 Å². The Bertz CT molecular complexity index is 1040. The minimum absolute atomic E-state index is 0.0726. The van der Waals surface area contributed by atoms with Gasteiger partial charge in [-0.15, -0.1) is 0 Å². The third kappa shape index (κ3) is 3.67. The number of halogens is 1. The highest BCUT2D eigenvalue weighted by Crippen LogP contribution is 2.27. The Morgan fingerprint density at radius 2 is 1.72 bits per heavy atom. The molecule has 0 aliphatic carbocycles. The minimum Gasteiger partial charge on any atom is -0.338 e. The fraction of sp³-hybridized carbons (Fsp3) is 0.222. The van der Waals surface area contributed by atoms with Gasteiger partial charge >= 0.3 is 0 Å². The van der Waals surface area contributed by atoms with E-state index >= 15 is 0 Å². The number of aromatic nitrogens is 2. The Hall–Kier alpha value is -1.99. The molecule has 2 aromatic carbocycles. The average Bonchev–Trinajstić information content (AvgIpc) is 2.98. The quantitative estimate of drug-likeness (QED) is 0.625. The standard InChI is InChI=1S/C18H17BrN2O3S/c1-11-8-13(3)16(9-12(11)2)25(22,23)10-17-20-18(21-24-17)14-6-4-5-7-15(14)19/h4-9H,10H2,1-3H3. The molecule has 25 heavy (non-hydrogen) atoms. The molecule has 0 amide bonds. The van der Waals surface area contributed by atoms with Crippen LogP contribution in [0.1, 0.15) is 22.6 Å². The number of sulfone groups is 1. The zero-order valence-corrected chi connectivity index (χ0v) is 16.5. The lowest BCUT2D eigenvalue weighted by atomic mass is 10.1. The van der Waals surface area contributed by atoms with Gasteiger partial charge in [0.1, 0.15) is 5.75 Å². The van der Waals surface area contributed by atoms with E-state index in [9.17, 15) is 8.42 Å². The molecule has 130 valence electrons. The first-order chi connectivity index (χ1) is 11.8. The van der Waals surface area contributed by atoms with Gasteiger partial charge in [0.25, 0.3) is 0 Å². The molecular formula is C18H17BrN2O3S. The molecule has 0 spiro atoms. The van der Waals surface area contributed by atoms with Crippen LogP contribution in [0.2, 0.25) is 0 Å². The predicted octanol–water partition coefficient (Wildman–Crippen LogP) is 4.40. The molecule has 0 unspecified atom stereocenters. The Morgan fingerprint density at radius 1 is 1.04 bits per heavy atom. The summed E-state index contributed by atoms with van der Waals surface area (Å²) in [6.45, 7) is 5.64. The number of hydrogen-bond acceptors (Lipinski definition) is 5. The molecule has 0 aliphatic heterocycles. The van der Waals surface area contributed by atoms with E-state index in [-0.39, 0.29) is 11.6 Å². The van der Waals surface area contributed by atoms with Crippen molar-refractivity contribution in [1.82, 2.24) is 10.1 Å². The van der Waals surface area contributed by atoms with E-state index in [1.807, 2.05) is 44.2 Å². The van der Waals surface area contributed by atoms with E-state index in [1.165, 1.54) is 0 Å². The molecule has 3 rings (SSSR count). The largest absolute Gasteiger partial charge is 0.338 e. The summed E-state index contributed by atoms with van der Waals surface area (Å²) in [5.41, 5.74) is 3.46.